The Hall–Kier alpha value is -1.89. The minimum atomic E-state index is -0.718. The normalized spacial score (nSPS) is 25.9. The monoisotopic (exact) mass is 394 g/mol. The molecule has 7 nitrogen and oxygen atoms in total. The Kier molecular flexibility index (Phi) is 9.47. The van der Waals surface area contributed by atoms with Gasteiger partial charge in [-0.2, -0.15) is 0 Å². The van der Waals surface area contributed by atoms with Gasteiger partial charge in [0.15, 0.2) is 0 Å². The van der Waals surface area contributed by atoms with Crippen LogP contribution in [0.3, 0.4) is 0 Å². The van der Waals surface area contributed by atoms with Crippen LogP contribution in [0.1, 0.15) is 64.7 Å². The summed E-state index contributed by atoms with van der Waals surface area (Å²) in [5.41, 5.74) is 0. The van der Waals surface area contributed by atoms with Crippen molar-refractivity contribution >= 4 is 17.8 Å². The zero-order valence-electron chi connectivity index (χ0n) is 16.8. The Morgan fingerprint density at radius 2 is 1.68 bits per heavy atom. The summed E-state index contributed by atoms with van der Waals surface area (Å²) in [6, 6.07) is 0. The fourth-order valence-corrected chi connectivity index (χ4v) is 4.50. The number of hydrogen-bond donors (Lipinski definition) is 3. The first-order chi connectivity index (χ1) is 13.5. The minimum absolute atomic E-state index is 0.00380. The Balaban J connectivity index is 1.64. The smallest absolute Gasteiger partial charge is 0.303 e. The summed E-state index contributed by atoms with van der Waals surface area (Å²) in [7, 11) is 0. The topological polar surface area (TPSA) is 105 Å². The molecule has 2 amide bonds. The van der Waals surface area contributed by atoms with Crippen molar-refractivity contribution in [3.63, 3.8) is 0 Å². The third-order valence-electron chi connectivity index (χ3n) is 5.81. The van der Waals surface area contributed by atoms with Crippen LogP contribution in [0.15, 0.2) is 12.2 Å². The van der Waals surface area contributed by atoms with E-state index in [2.05, 4.69) is 10.6 Å². The van der Waals surface area contributed by atoms with Crippen LogP contribution in [0.4, 0.5) is 0 Å². The van der Waals surface area contributed by atoms with E-state index in [4.69, 9.17) is 9.84 Å². The molecule has 28 heavy (non-hydrogen) atoms. The lowest BCUT2D eigenvalue weighted by Gasteiger charge is -2.28. The number of rotatable bonds is 13. The average molecular weight is 395 g/mol. The Labute approximate surface area is 167 Å². The molecular formula is C21H34N2O5. The predicted molar refractivity (Wildman–Crippen MR) is 106 cm³/mol. The summed E-state index contributed by atoms with van der Waals surface area (Å²) in [4.78, 5) is 33.8. The number of carboxylic acid groups (broad SMARTS) is 1. The quantitative estimate of drug-likeness (QED) is 0.329. The highest BCUT2D eigenvalue weighted by Gasteiger charge is 2.47. The molecule has 0 unspecified atom stereocenters. The third kappa shape index (κ3) is 7.26. The number of nitrogens with one attached hydrogen (secondary N) is 2. The number of carbonyl (C=O) groups excluding carboxylic acids is 2. The number of amides is 2. The number of aliphatic carboxylic acids is 1. The second-order valence-electron chi connectivity index (χ2n) is 7.82. The standard InChI is InChI=1S/C21H34N2O5/c1-2-7-19(24)23-14-20(25)22-13-12-16-15(17-10-11-18(16)28-17)8-5-3-4-6-9-21(26)27/h2,7,15-18H,3-6,8-14H2,1H3,(H,22,25)(H,23,24)(H,26,27)/t15-,16+,17-,18+/m1/s1. The van der Waals surface area contributed by atoms with Gasteiger partial charge in [0.2, 0.25) is 11.8 Å². The van der Waals surface area contributed by atoms with Crippen molar-refractivity contribution < 1.29 is 24.2 Å². The van der Waals surface area contributed by atoms with Crippen molar-refractivity contribution in [2.45, 2.75) is 76.9 Å². The molecule has 0 saturated carbocycles. The maximum absolute atomic E-state index is 11.9. The van der Waals surface area contributed by atoms with E-state index in [0.29, 0.717) is 30.6 Å². The number of hydrogen-bond acceptors (Lipinski definition) is 4. The molecule has 2 bridgehead atoms. The number of carboxylic acids is 1. The minimum Gasteiger partial charge on any atom is -0.481 e. The van der Waals surface area contributed by atoms with Gasteiger partial charge in [0.1, 0.15) is 0 Å². The molecule has 4 atom stereocenters. The van der Waals surface area contributed by atoms with Crippen LogP contribution in [-0.2, 0) is 19.1 Å². The Morgan fingerprint density at radius 3 is 2.36 bits per heavy atom. The van der Waals surface area contributed by atoms with Crippen molar-refractivity contribution in [3.8, 4) is 0 Å². The first-order valence-corrected chi connectivity index (χ1v) is 10.6. The van der Waals surface area contributed by atoms with Gasteiger partial charge in [-0.1, -0.05) is 25.3 Å². The summed E-state index contributed by atoms with van der Waals surface area (Å²) in [5.74, 6) is -0.121. The van der Waals surface area contributed by atoms with E-state index in [-0.39, 0.29) is 24.8 Å². The van der Waals surface area contributed by atoms with E-state index in [9.17, 15) is 14.4 Å². The molecule has 2 fully saturated rings. The lowest BCUT2D eigenvalue weighted by atomic mass is 9.75. The van der Waals surface area contributed by atoms with E-state index in [0.717, 1.165) is 51.4 Å². The molecule has 7 heteroatoms. The van der Waals surface area contributed by atoms with Gasteiger partial charge in [-0.05, 0) is 56.9 Å². The van der Waals surface area contributed by atoms with Gasteiger partial charge in [-0.15, -0.1) is 0 Å². The molecule has 0 aromatic rings. The fourth-order valence-electron chi connectivity index (χ4n) is 4.50. The third-order valence-corrected chi connectivity index (χ3v) is 5.81. The van der Waals surface area contributed by atoms with Gasteiger partial charge in [0.05, 0.1) is 18.8 Å². The van der Waals surface area contributed by atoms with E-state index >= 15 is 0 Å². The molecule has 0 spiro atoms. The predicted octanol–water partition coefficient (Wildman–Crippen LogP) is 2.40. The van der Waals surface area contributed by atoms with Crippen molar-refractivity contribution in [1.29, 1.82) is 0 Å². The lowest BCUT2D eigenvalue weighted by molar-refractivity contribution is -0.137. The van der Waals surface area contributed by atoms with Gasteiger partial charge in [0.25, 0.3) is 0 Å². The van der Waals surface area contributed by atoms with Crippen molar-refractivity contribution in [3.05, 3.63) is 12.2 Å². The fraction of sp³-hybridized carbons (Fsp3) is 0.762. The molecule has 2 rings (SSSR count). The van der Waals surface area contributed by atoms with Crippen LogP contribution in [0.25, 0.3) is 0 Å². The highest BCUT2D eigenvalue weighted by atomic mass is 16.5. The van der Waals surface area contributed by atoms with Gasteiger partial charge < -0.3 is 20.5 Å². The van der Waals surface area contributed by atoms with Gasteiger partial charge >= 0.3 is 5.97 Å². The second kappa shape index (κ2) is 11.8. The molecule has 2 saturated heterocycles. The molecule has 3 N–H and O–H groups in total. The van der Waals surface area contributed by atoms with E-state index in [1.807, 2.05) is 0 Å². The maximum atomic E-state index is 11.9. The molecule has 2 heterocycles. The number of unbranched alkanes of at least 4 members (excludes halogenated alkanes) is 3. The van der Waals surface area contributed by atoms with Crippen molar-refractivity contribution in [1.82, 2.24) is 10.6 Å². The number of ether oxygens (including phenoxy) is 1. The summed E-state index contributed by atoms with van der Waals surface area (Å²) in [6.45, 7) is 2.35. The first kappa shape index (κ1) is 22.4. The maximum Gasteiger partial charge on any atom is 0.303 e. The average Bonchev–Trinajstić information content (AvgIpc) is 3.25. The Bertz CT molecular complexity index is 563. The van der Waals surface area contributed by atoms with E-state index < -0.39 is 5.97 Å². The second-order valence-corrected chi connectivity index (χ2v) is 7.82. The molecule has 0 aliphatic carbocycles. The van der Waals surface area contributed by atoms with Crippen LogP contribution < -0.4 is 10.6 Å². The van der Waals surface area contributed by atoms with Gasteiger partial charge in [0, 0.05) is 13.0 Å². The molecular weight excluding hydrogens is 360 g/mol. The summed E-state index contributed by atoms with van der Waals surface area (Å²) in [6.07, 6.45) is 12.1. The number of allylic oxidation sites excluding steroid dienone is 1. The lowest BCUT2D eigenvalue weighted by Crippen LogP contribution is -2.38. The molecule has 0 radical (unpaired) electrons. The van der Waals surface area contributed by atoms with Crippen LogP contribution in [0.5, 0.6) is 0 Å². The zero-order valence-corrected chi connectivity index (χ0v) is 16.8. The van der Waals surface area contributed by atoms with Crippen LogP contribution in [0, 0.1) is 11.8 Å². The number of fused-ring (bicyclic) bond motifs is 2. The molecule has 2 aliphatic heterocycles. The summed E-state index contributed by atoms with van der Waals surface area (Å²) < 4.78 is 6.12. The first-order valence-electron chi connectivity index (χ1n) is 10.6. The van der Waals surface area contributed by atoms with Gasteiger partial charge in [-0.25, -0.2) is 0 Å². The Morgan fingerprint density at radius 1 is 1.00 bits per heavy atom. The molecule has 0 aromatic heterocycles. The summed E-state index contributed by atoms with van der Waals surface area (Å²) in [5, 5.41) is 14.1. The zero-order chi connectivity index (χ0) is 20.4. The van der Waals surface area contributed by atoms with Crippen LogP contribution in [0.2, 0.25) is 0 Å². The summed E-state index contributed by atoms with van der Waals surface area (Å²) >= 11 is 0. The van der Waals surface area contributed by atoms with Crippen LogP contribution in [-0.4, -0.2) is 48.2 Å². The van der Waals surface area contributed by atoms with E-state index in [1.54, 1.807) is 13.0 Å². The highest BCUT2D eigenvalue weighted by molar-refractivity contribution is 5.91. The van der Waals surface area contributed by atoms with Crippen LogP contribution >= 0.6 is 0 Å². The van der Waals surface area contributed by atoms with E-state index in [1.165, 1.54) is 6.08 Å². The SMILES string of the molecule is CC=CC(=O)NCC(=O)NCC[C@H]1[C@@H](CCCCCCC(=O)O)[C@H]2CC[C@@H]1O2. The highest BCUT2D eigenvalue weighted by Crippen LogP contribution is 2.46. The van der Waals surface area contributed by atoms with Gasteiger partial charge in [-0.3, -0.25) is 14.4 Å². The molecule has 0 aromatic carbocycles. The van der Waals surface area contributed by atoms with Crippen molar-refractivity contribution in [2.75, 3.05) is 13.1 Å². The van der Waals surface area contributed by atoms with Crippen molar-refractivity contribution in [2.24, 2.45) is 11.8 Å². The largest absolute Gasteiger partial charge is 0.481 e. The molecule has 158 valence electrons. The number of carbonyl (C=O) groups is 3. The molecule has 2 aliphatic rings.